The quantitative estimate of drug-likeness (QED) is 0.160. The van der Waals surface area contributed by atoms with Crippen molar-refractivity contribution < 1.29 is 23.8 Å². The average molecular weight is 455 g/mol. The molecule has 0 bridgehead atoms. The third-order valence-electron chi connectivity index (χ3n) is 5.50. The lowest BCUT2D eigenvalue weighted by Gasteiger charge is -2.11. The van der Waals surface area contributed by atoms with Crippen LogP contribution in [0.5, 0.6) is 17.2 Å². The molecule has 0 unspecified atom stereocenters. The number of benzene rings is 2. The van der Waals surface area contributed by atoms with Crippen LogP contribution >= 0.6 is 0 Å². The van der Waals surface area contributed by atoms with Gasteiger partial charge >= 0.3 is 11.9 Å². The second-order valence-corrected chi connectivity index (χ2v) is 8.47. The first-order valence-corrected chi connectivity index (χ1v) is 12.3. The molecule has 5 heteroatoms. The molecule has 5 nitrogen and oxygen atoms in total. The van der Waals surface area contributed by atoms with Gasteiger partial charge in [-0.2, -0.15) is 0 Å². The van der Waals surface area contributed by atoms with Gasteiger partial charge in [0.25, 0.3) is 0 Å². The molecule has 1 atom stereocenters. The summed E-state index contributed by atoms with van der Waals surface area (Å²) in [5.74, 6) is 0.764. The molecule has 0 aromatic heterocycles. The van der Waals surface area contributed by atoms with E-state index in [-0.39, 0.29) is 11.9 Å². The van der Waals surface area contributed by atoms with Crippen LogP contribution in [0.2, 0.25) is 0 Å². The zero-order chi connectivity index (χ0) is 23.9. The minimum absolute atomic E-state index is 0.136. The Bertz CT molecular complexity index is 826. The lowest BCUT2D eigenvalue weighted by molar-refractivity contribution is -0.138. The van der Waals surface area contributed by atoms with Crippen LogP contribution in [0.1, 0.15) is 88.9 Å². The average Bonchev–Trinajstić information content (AvgIpc) is 2.83. The summed E-state index contributed by atoms with van der Waals surface area (Å²) >= 11 is 0. The monoisotopic (exact) mass is 454 g/mol. The summed E-state index contributed by atoms with van der Waals surface area (Å²) in [6.07, 6.45) is 9.98. The van der Waals surface area contributed by atoms with E-state index in [2.05, 4.69) is 13.8 Å². The molecule has 0 aliphatic carbocycles. The second kappa shape index (κ2) is 15.1. The van der Waals surface area contributed by atoms with E-state index in [4.69, 9.17) is 14.2 Å². The van der Waals surface area contributed by atoms with Crippen molar-refractivity contribution >= 4 is 11.9 Å². The van der Waals surface area contributed by atoms with E-state index in [1.165, 1.54) is 25.7 Å². The number of carbonyl (C=O) groups is 2. The third kappa shape index (κ3) is 10.1. The van der Waals surface area contributed by atoms with Crippen LogP contribution < -0.4 is 14.2 Å². The Morgan fingerprint density at radius 2 is 1.24 bits per heavy atom. The molecule has 0 fully saturated rings. The maximum absolute atomic E-state index is 12.4. The van der Waals surface area contributed by atoms with Gasteiger partial charge in [0.05, 0.1) is 18.1 Å². The van der Waals surface area contributed by atoms with Crippen molar-refractivity contribution in [1.29, 1.82) is 0 Å². The highest BCUT2D eigenvalue weighted by Crippen LogP contribution is 2.21. The molecule has 33 heavy (non-hydrogen) atoms. The van der Waals surface area contributed by atoms with Crippen LogP contribution in [-0.2, 0) is 4.79 Å². The first-order chi connectivity index (χ1) is 16.0. The van der Waals surface area contributed by atoms with Crippen LogP contribution in [-0.4, -0.2) is 18.5 Å². The lowest BCUT2D eigenvalue weighted by Crippen LogP contribution is -2.17. The van der Waals surface area contributed by atoms with Crippen LogP contribution in [0.25, 0.3) is 0 Å². The van der Waals surface area contributed by atoms with Gasteiger partial charge in [-0.3, -0.25) is 4.79 Å². The van der Waals surface area contributed by atoms with Gasteiger partial charge in [-0.1, -0.05) is 65.7 Å². The zero-order valence-corrected chi connectivity index (χ0v) is 20.3. The Kier molecular flexibility index (Phi) is 12.1. The molecular formula is C28H38O5. The van der Waals surface area contributed by atoms with Gasteiger partial charge in [0.15, 0.2) is 0 Å². The molecule has 0 saturated carbocycles. The van der Waals surface area contributed by atoms with E-state index in [0.717, 1.165) is 37.9 Å². The minimum Gasteiger partial charge on any atom is -0.494 e. The van der Waals surface area contributed by atoms with Crippen molar-refractivity contribution in [2.75, 3.05) is 6.61 Å². The smallest absolute Gasteiger partial charge is 0.343 e. The summed E-state index contributed by atoms with van der Waals surface area (Å²) in [6, 6.07) is 13.5. The van der Waals surface area contributed by atoms with Crippen LogP contribution in [0, 0.1) is 5.92 Å². The number of hydrogen-bond acceptors (Lipinski definition) is 5. The molecule has 0 radical (unpaired) electrons. The van der Waals surface area contributed by atoms with Crippen LogP contribution in [0.4, 0.5) is 0 Å². The van der Waals surface area contributed by atoms with E-state index in [0.29, 0.717) is 23.7 Å². The molecule has 0 N–H and O–H groups in total. The first kappa shape index (κ1) is 26.4. The molecule has 180 valence electrons. The fraction of sp³-hybridized carbons (Fsp3) is 0.500. The van der Waals surface area contributed by atoms with E-state index in [9.17, 15) is 9.59 Å². The molecule has 2 rings (SSSR count). The predicted octanol–water partition coefficient (Wildman–Crippen LogP) is 7.38. The molecule has 2 aromatic carbocycles. The van der Waals surface area contributed by atoms with Gasteiger partial charge < -0.3 is 14.2 Å². The molecule has 0 aliphatic rings. The van der Waals surface area contributed by atoms with E-state index < -0.39 is 5.97 Å². The number of hydrogen-bond donors (Lipinski definition) is 0. The maximum atomic E-state index is 12.4. The molecule has 0 aliphatic heterocycles. The van der Waals surface area contributed by atoms with E-state index in [1.807, 2.05) is 6.92 Å². The molecule has 2 aromatic rings. The van der Waals surface area contributed by atoms with Crippen molar-refractivity contribution in [3.63, 3.8) is 0 Å². The van der Waals surface area contributed by atoms with Crippen molar-refractivity contribution in [2.24, 2.45) is 5.92 Å². The van der Waals surface area contributed by atoms with Gasteiger partial charge in [0.1, 0.15) is 17.2 Å². The molecular weight excluding hydrogens is 416 g/mol. The van der Waals surface area contributed by atoms with Gasteiger partial charge in [0.2, 0.25) is 0 Å². The molecule has 0 saturated heterocycles. The van der Waals surface area contributed by atoms with E-state index >= 15 is 0 Å². The number of ether oxygens (including phenoxy) is 3. The topological polar surface area (TPSA) is 61.8 Å². The fourth-order valence-corrected chi connectivity index (χ4v) is 3.36. The molecule has 0 amide bonds. The minimum atomic E-state index is -0.449. The lowest BCUT2D eigenvalue weighted by atomic mass is 10.0. The highest BCUT2D eigenvalue weighted by Gasteiger charge is 2.15. The summed E-state index contributed by atoms with van der Waals surface area (Å²) in [4.78, 5) is 24.7. The summed E-state index contributed by atoms with van der Waals surface area (Å²) < 4.78 is 16.6. The maximum Gasteiger partial charge on any atom is 0.343 e. The standard InChI is InChI=1S/C28H38O5/c1-4-6-8-10-12-22(3)27(29)32-25-17-19-26(20-18-25)33-28(30)23-13-15-24(16-14-23)31-21-11-9-7-5-2/h13-20,22H,4-12,21H2,1-3H3/t22-/m0/s1. The normalized spacial score (nSPS) is 11.6. The highest BCUT2D eigenvalue weighted by molar-refractivity contribution is 5.91. The summed E-state index contributed by atoms with van der Waals surface area (Å²) in [5.41, 5.74) is 0.445. The number of esters is 2. The third-order valence-corrected chi connectivity index (χ3v) is 5.50. The number of rotatable bonds is 15. The first-order valence-electron chi connectivity index (χ1n) is 12.3. The van der Waals surface area contributed by atoms with Gasteiger partial charge in [0, 0.05) is 0 Å². The van der Waals surface area contributed by atoms with Crippen molar-refractivity contribution in [2.45, 2.75) is 78.6 Å². The Morgan fingerprint density at radius 1 is 0.697 bits per heavy atom. The van der Waals surface area contributed by atoms with Crippen LogP contribution in [0.3, 0.4) is 0 Å². The van der Waals surface area contributed by atoms with Gasteiger partial charge in [-0.05, 0) is 61.4 Å². The Balaban J connectivity index is 1.78. The van der Waals surface area contributed by atoms with Gasteiger partial charge in [-0.25, -0.2) is 4.79 Å². The summed E-state index contributed by atoms with van der Waals surface area (Å²) in [7, 11) is 0. The number of unbranched alkanes of at least 4 members (excludes halogenated alkanes) is 6. The van der Waals surface area contributed by atoms with Crippen molar-refractivity contribution in [3.8, 4) is 17.2 Å². The van der Waals surface area contributed by atoms with Crippen molar-refractivity contribution in [1.82, 2.24) is 0 Å². The Labute approximate surface area is 198 Å². The summed E-state index contributed by atoms with van der Waals surface area (Å²) in [6.45, 7) is 6.92. The van der Waals surface area contributed by atoms with E-state index in [1.54, 1.807) is 48.5 Å². The van der Waals surface area contributed by atoms with Crippen LogP contribution in [0.15, 0.2) is 48.5 Å². The van der Waals surface area contributed by atoms with Gasteiger partial charge in [-0.15, -0.1) is 0 Å². The summed E-state index contributed by atoms with van der Waals surface area (Å²) in [5, 5.41) is 0. The predicted molar refractivity (Wildman–Crippen MR) is 131 cm³/mol. The van der Waals surface area contributed by atoms with Crippen molar-refractivity contribution in [3.05, 3.63) is 54.1 Å². The SMILES string of the molecule is CCCCCCOc1ccc(C(=O)Oc2ccc(OC(=O)[C@@H](C)CCCCCC)cc2)cc1. The zero-order valence-electron chi connectivity index (χ0n) is 20.3. The fourth-order valence-electron chi connectivity index (χ4n) is 3.36. The highest BCUT2D eigenvalue weighted by atomic mass is 16.5. The Hall–Kier alpha value is -2.82. The second-order valence-electron chi connectivity index (χ2n) is 8.47. The molecule has 0 spiro atoms. The largest absolute Gasteiger partial charge is 0.494 e. The Morgan fingerprint density at radius 3 is 1.85 bits per heavy atom. The molecule has 0 heterocycles. The number of carbonyl (C=O) groups excluding carboxylic acids is 2.